The largest absolute Gasteiger partial charge is 0.490 e. The Morgan fingerprint density at radius 2 is 1.67 bits per heavy atom. The Labute approximate surface area is 113 Å². The topological polar surface area (TPSA) is 35.5 Å². The van der Waals surface area contributed by atoms with Crippen LogP contribution in [0.4, 0.5) is 0 Å². The lowest BCUT2D eigenvalue weighted by Crippen LogP contribution is -2.09. The number of ether oxygens (including phenoxy) is 2. The minimum absolute atomic E-state index is 0.00371. The second kappa shape index (κ2) is 6.64. The molecule has 0 heterocycles. The van der Waals surface area contributed by atoms with E-state index >= 15 is 0 Å². The lowest BCUT2D eigenvalue weighted by molar-refractivity contribution is 0.0939. The van der Waals surface area contributed by atoms with Crippen molar-refractivity contribution in [1.82, 2.24) is 0 Å². The van der Waals surface area contributed by atoms with E-state index < -0.39 is 0 Å². The van der Waals surface area contributed by atoms with E-state index in [9.17, 15) is 4.79 Å². The Morgan fingerprint density at radius 1 is 1.17 bits per heavy atom. The molecule has 1 aromatic carbocycles. The summed E-state index contributed by atoms with van der Waals surface area (Å²) in [7, 11) is 0. The summed E-state index contributed by atoms with van der Waals surface area (Å²) in [5, 5.41) is 0.403. The average Bonchev–Trinajstić information content (AvgIpc) is 2.32. The van der Waals surface area contributed by atoms with Crippen molar-refractivity contribution in [2.24, 2.45) is 5.92 Å². The maximum atomic E-state index is 12.0. The van der Waals surface area contributed by atoms with E-state index in [0.717, 1.165) is 0 Å². The normalized spacial score (nSPS) is 10.6. The monoisotopic (exact) mass is 270 g/mol. The molecule has 18 heavy (non-hydrogen) atoms. The molecule has 0 atom stereocenters. The Hall–Kier alpha value is -1.22. The number of hydrogen-bond donors (Lipinski definition) is 0. The van der Waals surface area contributed by atoms with E-state index in [1.54, 1.807) is 12.1 Å². The molecule has 0 aliphatic carbocycles. The van der Waals surface area contributed by atoms with Crippen LogP contribution in [0.15, 0.2) is 12.1 Å². The van der Waals surface area contributed by atoms with Gasteiger partial charge >= 0.3 is 0 Å². The van der Waals surface area contributed by atoms with Crippen molar-refractivity contribution in [1.29, 1.82) is 0 Å². The number of ketones is 1. The summed E-state index contributed by atoms with van der Waals surface area (Å²) in [6, 6.07) is 3.31. The van der Waals surface area contributed by atoms with Gasteiger partial charge in [0.25, 0.3) is 0 Å². The third-order valence-corrected chi connectivity index (χ3v) is 2.74. The van der Waals surface area contributed by atoms with E-state index in [4.69, 9.17) is 21.1 Å². The van der Waals surface area contributed by atoms with Crippen LogP contribution in [0, 0.1) is 5.92 Å². The molecule has 0 aliphatic rings. The highest BCUT2D eigenvalue weighted by Crippen LogP contribution is 2.34. The number of rotatable bonds is 6. The number of hydrogen-bond acceptors (Lipinski definition) is 3. The Morgan fingerprint density at radius 3 is 2.11 bits per heavy atom. The highest BCUT2D eigenvalue weighted by Gasteiger charge is 2.18. The van der Waals surface area contributed by atoms with Gasteiger partial charge in [0.1, 0.15) is 0 Å². The molecule has 0 amide bonds. The van der Waals surface area contributed by atoms with Crippen molar-refractivity contribution in [2.75, 3.05) is 13.2 Å². The molecule has 0 N–H and O–H groups in total. The smallest absolute Gasteiger partial charge is 0.167 e. The summed E-state index contributed by atoms with van der Waals surface area (Å²) in [5.41, 5.74) is 0.485. The maximum absolute atomic E-state index is 12.0. The van der Waals surface area contributed by atoms with Gasteiger partial charge in [-0.25, -0.2) is 0 Å². The molecule has 0 saturated heterocycles. The average molecular weight is 271 g/mol. The van der Waals surface area contributed by atoms with Gasteiger partial charge in [-0.3, -0.25) is 4.79 Å². The fraction of sp³-hybridized carbons (Fsp3) is 0.500. The summed E-state index contributed by atoms with van der Waals surface area (Å²) in [5.74, 6) is 1.04. The number of benzene rings is 1. The molecule has 0 bridgehead atoms. The van der Waals surface area contributed by atoms with Crippen molar-refractivity contribution in [3.63, 3.8) is 0 Å². The van der Waals surface area contributed by atoms with Crippen molar-refractivity contribution in [3.8, 4) is 11.5 Å². The molecule has 0 unspecified atom stereocenters. The zero-order valence-electron chi connectivity index (χ0n) is 11.2. The summed E-state index contributed by atoms with van der Waals surface area (Å²) in [6.07, 6.45) is 0. The second-order valence-corrected chi connectivity index (χ2v) is 4.57. The summed E-state index contributed by atoms with van der Waals surface area (Å²) < 4.78 is 10.9. The number of Topliss-reactive ketones (excluding diaryl/α,β-unsaturated/α-hetero) is 1. The zero-order valence-corrected chi connectivity index (χ0v) is 12.0. The van der Waals surface area contributed by atoms with Crippen LogP contribution in [0.25, 0.3) is 0 Å². The molecular weight excluding hydrogens is 252 g/mol. The summed E-state index contributed by atoms with van der Waals surface area (Å²) in [4.78, 5) is 12.0. The molecule has 4 heteroatoms. The van der Waals surface area contributed by atoms with E-state index in [2.05, 4.69) is 0 Å². The number of carbonyl (C=O) groups excluding carboxylic acids is 1. The highest BCUT2D eigenvalue weighted by molar-refractivity contribution is 6.34. The van der Waals surface area contributed by atoms with E-state index in [0.29, 0.717) is 35.3 Å². The molecule has 0 aliphatic heterocycles. The molecule has 100 valence electrons. The standard InChI is InChI=1S/C14H19ClO3/c1-5-17-12-7-10(14(16)9(3)4)11(15)8-13(12)18-6-2/h7-9H,5-6H2,1-4H3. The van der Waals surface area contributed by atoms with Gasteiger partial charge in [-0.1, -0.05) is 25.4 Å². The molecular formula is C14H19ClO3. The Kier molecular flexibility index (Phi) is 5.48. The van der Waals surface area contributed by atoms with Crippen LogP contribution in [-0.4, -0.2) is 19.0 Å². The molecule has 1 aromatic rings. The fourth-order valence-electron chi connectivity index (χ4n) is 1.57. The molecule has 3 nitrogen and oxygen atoms in total. The first kappa shape index (κ1) is 14.8. The van der Waals surface area contributed by atoms with Gasteiger partial charge in [0.2, 0.25) is 0 Å². The number of carbonyl (C=O) groups is 1. The van der Waals surface area contributed by atoms with E-state index in [1.807, 2.05) is 27.7 Å². The van der Waals surface area contributed by atoms with Crippen LogP contribution in [0.2, 0.25) is 5.02 Å². The minimum Gasteiger partial charge on any atom is -0.490 e. The third kappa shape index (κ3) is 3.39. The molecule has 0 saturated carbocycles. The predicted octanol–water partition coefficient (Wildman–Crippen LogP) is 3.98. The molecule has 0 fully saturated rings. The van der Waals surface area contributed by atoms with Crippen molar-refractivity contribution in [3.05, 3.63) is 22.7 Å². The third-order valence-electron chi connectivity index (χ3n) is 2.42. The first-order chi connectivity index (χ1) is 8.51. The summed E-state index contributed by atoms with van der Waals surface area (Å²) >= 11 is 6.12. The van der Waals surface area contributed by atoms with Crippen LogP contribution >= 0.6 is 11.6 Å². The van der Waals surface area contributed by atoms with Crippen LogP contribution in [-0.2, 0) is 0 Å². The fourth-order valence-corrected chi connectivity index (χ4v) is 1.82. The van der Waals surface area contributed by atoms with Gasteiger partial charge in [-0.15, -0.1) is 0 Å². The van der Waals surface area contributed by atoms with E-state index in [1.165, 1.54) is 0 Å². The lowest BCUT2D eigenvalue weighted by Gasteiger charge is -2.14. The molecule has 0 radical (unpaired) electrons. The van der Waals surface area contributed by atoms with Gasteiger partial charge < -0.3 is 9.47 Å². The number of halogens is 1. The van der Waals surface area contributed by atoms with Crippen LogP contribution in [0.3, 0.4) is 0 Å². The Bertz CT molecular complexity index is 427. The van der Waals surface area contributed by atoms with Crippen molar-refractivity contribution >= 4 is 17.4 Å². The Balaban J connectivity index is 3.21. The van der Waals surface area contributed by atoms with Gasteiger partial charge in [0, 0.05) is 17.5 Å². The minimum atomic E-state index is -0.102. The van der Waals surface area contributed by atoms with Gasteiger partial charge in [0.15, 0.2) is 17.3 Å². The van der Waals surface area contributed by atoms with Crippen LogP contribution in [0.1, 0.15) is 38.1 Å². The zero-order chi connectivity index (χ0) is 13.7. The molecule has 1 rings (SSSR count). The summed E-state index contributed by atoms with van der Waals surface area (Å²) in [6.45, 7) is 8.49. The van der Waals surface area contributed by atoms with Crippen molar-refractivity contribution in [2.45, 2.75) is 27.7 Å². The second-order valence-electron chi connectivity index (χ2n) is 4.16. The van der Waals surface area contributed by atoms with Crippen LogP contribution < -0.4 is 9.47 Å². The quantitative estimate of drug-likeness (QED) is 0.734. The molecule has 0 aromatic heterocycles. The van der Waals surface area contributed by atoms with Gasteiger partial charge in [-0.05, 0) is 19.9 Å². The van der Waals surface area contributed by atoms with Gasteiger partial charge in [0.05, 0.1) is 18.2 Å². The van der Waals surface area contributed by atoms with E-state index in [-0.39, 0.29) is 11.7 Å². The SMILES string of the molecule is CCOc1cc(Cl)c(C(=O)C(C)C)cc1OCC. The lowest BCUT2D eigenvalue weighted by atomic mass is 10.0. The van der Waals surface area contributed by atoms with Crippen LogP contribution in [0.5, 0.6) is 11.5 Å². The molecule has 0 spiro atoms. The highest BCUT2D eigenvalue weighted by atomic mass is 35.5. The van der Waals surface area contributed by atoms with Gasteiger partial charge in [-0.2, -0.15) is 0 Å². The maximum Gasteiger partial charge on any atom is 0.167 e. The first-order valence-electron chi connectivity index (χ1n) is 6.14. The van der Waals surface area contributed by atoms with Crippen molar-refractivity contribution < 1.29 is 14.3 Å². The predicted molar refractivity (Wildman–Crippen MR) is 73.0 cm³/mol. The first-order valence-corrected chi connectivity index (χ1v) is 6.52.